The maximum absolute atomic E-state index is 9.94. The van der Waals surface area contributed by atoms with E-state index in [0.717, 1.165) is 7.11 Å². The molecule has 9 heavy (non-hydrogen) atoms. The van der Waals surface area contributed by atoms with Gasteiger partial charge in [-0.1, -0.05) is 14.0 Å². The van der Waals surface area contributed by atoms with Crippen molar-refractivity contribution in [2.45, 2.75) is 7.43 Å². The molecule has 0 bridgehead atoms. The Hall–Kier alpha value is -0.670. The Morgan fingerprint density at radius 1 is 1.78 bits per heavy atom. The highest BCUT2D eigenvalue weighted by Crippen LogP contribution is 1.61. The number of nitrogens with two attached hydrogens (primary N) is 1. The lowest BCUT2D eigenvalue weighted by atomic mass is 10.4. The van der Waals surface area contributed by atoms with Gasteiger partial charge < -0.3 is 10.8 Å². The smallest absolute Gasteiger partial charge is 0.168 e. The van der Waals surface area contributed by atoms with E-state index < -0.39 is 0 Å². The van der Waals surface area contributed by atoms with Gasteiger partial charge >= 0.3 is 0 Å². The van der Waals surface area contributed by atoms with Gasteiger partial charge in [0.05, 0.1) is 6.54 Å². The van der Waals surface area contributed by atoms with Gasteiger partial charge in [0.15, 0.2) is 5.78 Å². The van der Waals surface area contributed by atoms with Crippen molar-refractivity contribution in [1.82, 2.24) is 0 Å². The van der Waals surface area contributed by atoms with Crippen molar-refractivity contribution >= 4 is 5.78 Å². The van der Waals surface area contributed by atoms with Crippen LogP contribution in [0.5, 0.6) is 0 Å². The first kappa shape index (κ1) is 15.8. The van der Waals surface area contributed by atoms with Gasteiger partial charge in [0, 0.05) is 7.11 Å². The quantitative estimate of drug-likeness (QED) is 0.519. The molecule has 0 saturated heterocycles. The zero-order valence-electron chi connectivity index (χ0n) is 4.92. The Morgan fingerprint density at radius 2 is 2.11 bits per heavy atom. The van der Waals surface area contributed by atoms with Crippen molar-refractivity contribution < 1.29 is 9.90 Å². The molecule has 0 aliphatic carbocycles. The number of hydrogen-bond donors (Lipinski definition) is 2. The van der Waals surface area contributed by atoms with Crippen LogP contribution in [0.15, 0.2) is 12.7 Å². The summed E-state index contributed by atoms with van der Waals surface area (Å²) >= 11 is 0. The molecule has 3 N–H and O–H groups in total. The molecule has 0 aromatic heterocycles. The lowest BCUT2D eigenvalue weighted by Crippen LogP contribution is -2.09. The molecule has 0 rings (SSSR count). The van der Waals surface area contributed by atoms with E-state index in [0.29, 0.717) is 0 Å². The summed E-state index contributed by atoms with van der Waals surface area (Å²) in [6, 6.07) is 0. The lowest BCUT2D eigenvalue weighted by molar-refractivity contribution is -0.113. The summed E-state index contributed by atoms with van der Waals surface area (Å²) in [6.45, 7) is 3.27. The predicted octanol–water partition coefficient (Wildman–Crippen LogP) is -0.0552. The van der Waals surface area contributed by atoms with Crippen molar-refractivity contribution in [3.05, 3.63) is 12.7 Å². The Morgan fingerprint density at radius 3 is 2.11 bits per heavy atom. The highest BCUT2D eigenvalue weighted by Gasteiger charge is 1.82. The SMILES string of the molecule is C.C=CC(=O)CN.CO. The van der Waals surface area contributed by atoms with E-state index in [1.54, 1.807) is 0 Å². The van der Waals surface area contributed by atoms with Crippen LogP contribution in [-0.2, 0) is 4.79 Å². The van der Waals surface area contributed by atoms with Gasteiger partial charge in [0.1, 0.15) is 0 Å². The van der Waals surface area contributed by atoms with Crippen LogP contribution in [0.25, 0.3) is 0 Å². The van der Waals surface area contributed by atoms with E-state index in [1.165, 1.54) is 6.08 Å². The van der Waals surface area contributed by atoms with Crippen molar-refractivity contribution in [1.29, 1.82) is 0 Å². The number of aliphatic hydroxyl groups is 1. The maximum Gasteiger partial charge on any atom is 0.168 e. The third-order valence-electron chi connectivity index (χ3n) is 0.429. The van der Waals surface area contributed by atoms with Gasteiger partial charge in [0.25, 0.3) is 0 Å². The number of rotatable bonds is 2. The second-order valence-corrected chi connectivity index (χ2v) is 0.875. The van der Waals surface area contributed by atoms with E-state index in [9.17, 15) is 4.79 Å². The molecule has 3 heteroatoms. The molecule has 56 valence electrons. The summed E-state index contributed by atoms with van der Waals surface area (Å²) in [7, 11) is 1.00. The fraction of sp³-hybridized carbons (Fsp3) is 0.500. The fourth-order valence-corrected chi connectivity index (χ4v) is 0.0833. The molecule has 0 amide bonds. The molecule has 0 unspecified atom stereocenters. The van der Waals surface area contributed by atoms with Crippen molar-refractivity contribution in [2.75, 3.05) is 13.7 Å². The van der Waals surface area contributed by atoms with Crippen LogP contribution in [0.3, 0.4) is 0 Å². The number of ketones is 1. The molecule has 0 aliphatic rings. The van der Waals surface area contributed by atoms with Crippen LogP contribution in [0, 0.1) is 0 Å². The molecule has 0 saturated carbocycles. The van der Waals surface area contributed by atoms with Crippen molar-refractivity contribution in [2.24, 2.45) is 5.73 Å². The second-order valence-electron chi connectivity index (χ2n) is 0.875. The number of hydrogen-bond acceptors (Lipinski definition) is 3. The Balaban J connectivity index is -0.000000109. The molecular formula is C6H15NO2. The van der Waals surface area contributed by atoms with Crippen molar-refractivity contribution in [3.8, 4) is 0 Å². The first-order valence-electron chi connectivity index (χ1n) is 2.11. The maximum atomic E-state index is 9.94. The van der Waals surface area contributed by atoms with Crippen molar-refractivity contribution in [3.63, 3.8) is 0 Å². The minimum Gasteiger partial charge on any atom is -0.400 e. The molecule has 0 spiro atoms. The predicted molar refractivity (Wildman–Crippen MR) is 39.1 cm³/mol. The van der Waals surface area contributed by atoms with Gasteiger partial charge in [-0.2, -0.15) is 0 Å². The summed E-state index contributed by atoms with van der Waals surface area (Å²) in [5.41, 5.74) is 4.86. The van der Waals surface area contributed by atoms with Gasteiger partial charge in [-0.15, -0.1) is 0 Å². The highest BCUT2D eigenvalue weighted by molar-refractivity contribution is 5.90. The summed E-state index contributed by atoms with van der Waals surface area (Å²) < 4.78 is 0. The van der Waals surface area contributed by atoms with E-state index in [-0.39, 0.29) is 19.8 Å². The summed E-state index contributed by atoms with van der Waals surface area (Å²) in [5.74, 6) is -0.116. The highest BCUT2D eigenvalue weighted by atomic mass is 16.2. The van der Waals surface area contributed by atoms with Crippen LogP contribution in [-0.4, -0.2) is 24.5 Å². The topological polar surface area (TPSA) is 63.3 Å². The van der Waals surface area contributed by atoms with E-state index in [2.05, 4.69) is 6.58 Å². The van der Waals surface area contributed by atoms with Crippen LogP contribution >= 0.6 is 0 Å². The second kappa shape index (κ2) is 15.7. The molecule has 0 fully saturated rings. The largest absolute Gasteiger partial charge is 0.400 e. The molecule has 0 aromatic carbocycles. The molecule has 0 atom stereocenters. The lowest BCUT2D eigenvalue weighted by Gasteiger charge is -1.76. The van der Waals surface area contributed by atoms with E-state index >= 15 is 0 Å². The summed E-state index contributed by atoms with van der Waals surface area (Å²) in [5, 5.41) is 7.00. The molecule has 0 aromatic rings. The van der Waals surface area contributed by atoms with Gasteiger partial charge in [-0.25, -0.2) is 0 Å². The summed E-state index contributed by atoms with van der Waals surface area (Å²) in [6.07, 6.45) is 1.21. The monoisotopic (exact) mass is 133 g/mol. The van der Waals surface area contributed by atoms with Gasteiger partial charge in [0.2, 0.25) is 0 Å². The third-order valence-corrected chi connectivity index (χ3v) is 0.429. The average Bonchev–Trinajstić information content (AvgIpc) is 1.91. The number of aliphatic hydroxyl groups excluding tert-OH is 1. The Kier molecular flexibility index (Phi) is 27.4. The summed E-state index contributed by atoms with van der Waals surface area (Å²) in [4.78, 5) is 9.94. The molecular weight excluding hydrogens is 118 g/mol. The van der Waals surface area contributed by atoms with Crippen LogP contribution in [0.4, 0.5) is 0 Å². The number of carbonyl (C=O) groups is 1. The van der Waals surface area contributed by atoms with E-state index in [4.69, 9.17) is 10.8 Å². The number of carbonyl (C=O) groups excluding carboxylic acids is 1. The van der Waals surface area contributed by atoms with E-state index in [1.807, 2.05) is 0 Å². The average molecular weight is 133 g/mol. The molecule has 0 radical (unpaired) electrons. The Bertz CT molecular complexity index is 71.5. The van der Waals surface area contributed by atoms with Crippen LogP contribution in [0.2, 0.25) is 0 Å². The normalized spacial score (nSPS) is 5.67. The molecule has 0 aliphatic heterocycles. The zero-order chi connectivity index (χ0) is 6.99. The minimum absolute atomic E-state index is 0. The van der Waals surface area contributed by atoms with Gasteiger partial charge in [-0.05, 0) is 6.08 Å². The first-order valence-corrected chi connectivity index (χ1v) is 2.11. The third kappa shape index (κ3) is 18.8. The molecule has 3 nitrogen and oxygen atoms in total. The van der Waals surface area contributed by atoms with Crippen LogP contribution < -0.4 is 5.73 Å². The minimum atomic E-state index is -0.116. The molecule has 0 heterocycles. The Labute approximate surface area is 56.2 Å². The standard InChI is InChI=1S/C4H7NO.CH4O.CH4/c1-2-4(6)3-5;1-2;/h2H,1,3,5H2;2H,1H3;1H4. The fourth-order valence-electron chi connectivity index (χ4n) is 0.0833. The van der Waals surface area contributed by atoms with Crippen LogP contribution in [0.1, 0.15) is 7.43 Å². The zero-order valence-corrected chi connectivity index (χ0v) is 4.92. The van der Waals surface area contributed by atoms with Gasteiger partial charge in [-0.3, -0.25) is 4.79 Å². The first-order chi connectivity index (χ1) is 3.81.